The van der Waals surface area contributed by atoms with Gasteiger partial charge in [0, 0.05) is 12.6 Å². The summed E-state index contributed by atoms with van der Waals surface area (Å²) in [4.78, 5) is 17.2. The minimum absolute atomic E-state index is 0.427. The quantitative estimate of drug-likeness (QED) is 0.793. The highest BCUT2D eigenvalue weighted by Gasteiger charge is 2.49. The van der Waals surface area contributed by atoms with Crippen molar-refractivity contribution >= 4 is 6.09 Å². The molecule has 1 aliphatic heterocycles. The monoisotopic (exact) mass is 284 g/mol. The van der Waals surface area contributed by atoms with E-state index in [1.807, 2.05) is 0 Å². The summed E-state index contributed by atoms with van der Waals surface area (Å²) in [7, 11) is 0. The van der Waals surface area contributed by atoms with Gasteiger partial charge in [-0.25, -0.2) is 13.6 Å². The number of ether oxygens (including phenoxy) is 1. The Morgan fingerprint density at radius 3 is 2.70 bits per heavy atom. The maximum atomic E-state index is 13.6. The first-order valence-electron chi connectivity index (χ1n) is 6.46. The summed E-state index contributed by atoms with van der Waals surface area (Å²) in [6, 6.07) is 4.31. The van der Waals surface area contributed by atoms with Crippen molar-refractivity contribution in [3.63, 3.8) is 0 Å². The first kappa shape index (κ1) is 14.7. The maximum absolute atomic E-state index is 13.6. The summed E-state index contributed by atoms with van der Waals surface area (Å²) in [5.41, 5.74) is -0.264. The first-order chi connectivity index (χ1) is 9.18. The molecule has 110 valence electrons. The molecule has 0 aliphatic carbocycles. The second kappa shape index (κ2) is 5.00. The minimum atomic E-state index is -2.92. The number of halogens is 2. The van der Waals surface area contributed by atoms with Crippen molar-refractivity contribution in [2.75, 3.05) is 6.54 Å². The zero-order valence-corrected chi connectivity index (χ0v) is 11.8. The molecule has 2 rings (SSSR count). The van der Waals surface area contributed by atoms with Crippen LogP contribution in [0.1, 0.15) is 38.9 Å². The summed E-state index contributed by atoms with van der Waals surface area (Å²) in [5, 5.41) is 0. The van der Waals surface area contributed by atoms with Gasteiger partial charge >= 0.3 is 6.09 Å². The zero-order chi connectivity index (χ0) is 15.0. The van der Waals surface area contributed by atoms with E-state index in [0.717, 1.165) is 4.90 Å². The van der Waals surface area contributed by atoms with Crippen molar-refractivity contribution in [3.8, 4) is 0 Å². The average Bonchev–Trinajstić information content (AvgIpc) is 2.65. The van der Waals surface area contributed by atoms with Crippen LogP contribution in [-0.2, 0) is 4.74 Å². The summed E-state index contributed by atoms with van der Waals surface area (Å²) in [6.45, 7) is 4.47. The van der Waals surface area contributed by atoms with E-state index in [9.17, 15) is 13.6 Å². The molecular formula is C14H18F2N2O2. The van der Waals surface area contributed by atoms with Gasteiger partial charge in [0.1, 0.15) is 5.60 Å². The van der Waals surface area contributed by atoms with E-state index in [2.05, 4.69) is 4.98 Å². The number of hydrogen-bond acceptors (Lipinski definition) is 3. The molecule has 0 bridgehead atoms. The highest BCUT2D eigenvalue weighted by molar-refractivity contribution is 5.69. The van der Waals surface area contributed by atoms with Gasteiger partial charge in [-0.2, -0.15) is 0 Å². The molecule has 0 saturated carbocycles. The first-order valence-corrected chi connectivity index (χ1v) is 6.46. The highest BCUT2D eigenvalue weighted by Crippen LogP contribution is 2.40. The summed E-state index contributed by atoms with van der Waals surface area (Å²) in [6.07, 6.45) is 0.368. The molecule has 0 aromatic carbocycles. The van der Waals surface area contributed by atoms with Crippen LogP contribution >= 0.6 is 0 Å². The summed E-state index contributed by atoms with van der Waals surface area (Å²) in [5.74, 6) is -2.92. The van der Waals surface area contributed by atoms with Gasteiger partial charge in [0.15, 0.2) is 0 Å². The van der Waals surface area contributed by atoms with Crippen molar-refractivity contribution < 1.29 is 18.3 Å². The lowest BCUT2D eigenvalue weighted by atomic mass is 10.1. The molecule has 2 heterocycles. The molecule has 1 aromatic rings. The lowest BCUT2D eigenvalue weighted by Crippen LogP contribution is -2.38. The van der Waals surface area contributed by atoms with E-state index in [-0.39, 0.29) is 0 Å². The molecule has 0 N–H and O–H groups in total. The number of likely N-dealkylation sites (tertiary alicyclic amines) is 1. The molecule has 0 spiro atoms. The van der Waals surface area contributed by atoms with Gasteiger partial charge in [-0.05, 0) is 32.9 Å². The second-order valence-corrected chi connectivity index (χ2v) is 5.94. The number of nitrogens with zero attached hydrogens (tertiary/aromatic N) is 2. The largest absolute Gasteiger partial charge is 0.444 e. The third-order valence-corrected chi connectivity index (χ3v) is 2.93. The number of amides is 1. The Morgan fingerprint density at radius 2 is 2.15 bits per heavy atom. The van der Waals surface area contributed by atoms with Gasteiger partial charge in [0.2, 0.25) is 0 Å². The van der Waals surface area contributed by atoms with Gasteiger partial charge in [-0.1, -0.05) is 6.07 Å². The molecule has 1 fully saturated rings. The van der Waals surface area contributed by atoms with Crippen LogP contribution in [-0.4, -0.2) is 34.0 Å². The predicted molar refractivity (Wildman–Crippen MR) is 69.5 cm³/mol. The molecule has 1 saturated heterocycles. The average molecular weight is 284 g/mol. The number of rotatable bonds is 1. The fourth-order valence-corrected chi connectivity index (χ4v) is 2.17. The Morgan fingerprint density at radius 1 is 1.45 bits per heavy atom. The van der Waals surface area contributed by atoms with Crippen LogP contribution in [0.4, 0.5) is 13.6 Å². The molecule has 1 atom stereocenters. The third-order valence-electron chi connectivity index (χ3n) is 2.93. The molecule has 0 radical (unpaired) electrons. The topological polar surface area (TPSA) is 42.4 Å². The smallest absolute Gasteiger partial charge is 0.411 e. The van der Waals surface area contributed by atoms with Gasteiger partial charge < -0.3 is 4.74 Å². The van der Waals surface area contributed by atoms with E-state index in [1.54, 1.807) is 39.0 Å². The number of carbonyl (C=O) groups is 1. The summed E-state index contributed by atoms with van der Waals surface area (Å²) < 4.78 is 32.5. The third kappa shape index (κ3) is 3.43. The van der Waals surface area contributed by atoms with Crippen molar-refractivity contribution in [2.45, 2.75) is 44.8 Å². The van der Waals surface area contributed by atoms with Crippen LogP contribution in [0.15, 0.2) is 24.4 Å². The van der Waals surface area contributed by atoms with Crippen molar-refractivity contribution in [1.82, 2.24) is 9.88 Å². The van der Waals surface area contributed by atoms with E-state index in [4.69, 9.17) is 4.74 Å². The minimum Gasteiger partial charge on any atom is -0.444 e. The molecular weight excluding hydrogens is 266 g/mol. The zero-order valence-electron chi connectivity index (χ0n) is 11.8. The van der Waals surface area contributed by atoms with Crippen molar-refractivity contribution in [2.24, 2.45) is 0 Å². The molecule has 20 heavy (non-hydrogen) atoms. The van der Waals surface area contributed by atoms with Gasteiger partial charge in [0.05, 0.1) is 18.3 Å². The Balaban J connectivity index is 2.23. The molecule has 6 heteroatoms. The fraction of sp³-hybridized carbons (Fsp3) is 0.571. The van der Waals surface area contributed by atoms with Crippen molar-refractivity contribution in [1.29, 1.82) is 0 Å². The van der Waals surface area contributed by atoms with Crippen LogP contribution in [0.25, 0.3) is 0 Å². The van der Waals surface area contributed by atoms with E-state index in [0.29, 0.717) is 5.69 Å². The number of aromatic nitrogens is 1. The van der Waals surface area contributed by atoms with E-state index < -0.39 is 36.6 Å². The number of hydrogen-bond donors (Lipinski definition) is 0. The molecule has 1 aliphatic rings. The highest BCUT2D eigenvalue weighted by atomic mass is 19.3. The lowest BCUT2D eigenvalue weighted by Gasteiger charge is -2.27. The van der Waals surface area contributed by atoms with Crippen LogP contribution in [0.5, 0.6) is 0 Å². The van der Waals surface area contributed by atoms with Crippen LogP contribution in [0, 0.1) is 0 Å². The predicted octanol–water partition coefficient (Wildman–Crippen LogP) is 3.40. The van der Waals surface area contributed by atoms with Gasteiger partial charge in [-0.15, -0.1) is 0 Å². The van der Waals surface area contributed by atoms with Crippen LogP contribution in [0.2, 0.25) is 0 Å². The number of carbonyl (C=O) groups excluding carboxylic acids is 1. The molecule has 4 nitrogen and oxygen atoms in total. The lowest BCUT2D eigenvalue weighted by molar-refractivity contribution is -0.00245. The van der Waals surface area contributed by atoms with Crippen molar-refractivity contribution in [3.05, 3.63) is 30.1 Å². The second-order valence-electron chi connectivity index (χ2n) is 5.94. The Kier molecular flexibility index (Phi) is 3.67. The van der Waals surface area contributed by atoms with Gasteiger partial charge in [-0.3, -0.25) is 9.88 Å². The standard InChI is InChI=1S/C14H18F2N2O2/c1-13(2,3)20-12(19)18-9-14(15,16)8-11(18)10-6-4-5-7-17-10/h4-7,11H,8-9H2,1-3H3/t11-/m1/s1. The Bertz CT molecular complexity index is 486. The fourth-order valence-electron chi connectivity index (χ4n) is 2.17. The Hall–Kier alpha value is -1.72. The van der Waals surface area contributed by atoms with Gasteiger partial charge in [0.25, 0.3) is 5.92 Å². The SMILES string of the molecule is CC(C)(C)OC(=O)N1CC(F)(F)C[C@@H]1c1ccccn1. The number of alkyl halides is 2. The molecule has 0 unspecified atom stereocenters. The normalized spacial score (nSPS) is 21.9. The molecule has 1 aromatic heterocycles. The summed E-state index contributed by atoms with van der Waals surface area (Å²) >= 11 is 0. The van der Waals surface area contributed by atoms with E-state index in [1.165, 1.54) is 6.20 Å². The Labute approximate surface area is 116 Å². The maximum Gasteiger partial charge on any atom is 0.411 e. The number of pyridine rings is 1. The van der Waals surface area contributed by atoms with Crippen LogP contribution < -0.4 is 0 Å². The molecule has 1 amide bonds. The van der Waals surface area contributed by atoms with Crippen LogP contribution in [0.3, 0.4) is 0 Å². The van der Waals surface area contributed by atoms with E-state index >= 15 is 0 Å².